The molecule has 1 saturated heterocycles. The van der Waals surface area contributed by atoms with E-state index in [1.807, 2.05) is 17.2 Å². The van der Waals surface area contributed by atoms with Crippen LogP contribution in [0.2, 0.25) is 0 Å². The first-order valence-corrected chi connectivity index (χ1v) is 6.99. The minimum Gasteiger partial charge on any atom is -0.335 e. The Labute approximate surface area is 123 Å². The Morgan fingerprint density at radius 2 is 1.86 bits per heavy atom. The van der Waals surface area contributed by atoms with Crippen molar-refractivity contribution in [3.05, 3.63) is 54.4 Å². The highest BCUT2D eigenvalue weighted by molar-refractivity contribution is 5.92. The predicted octanol–water partition coefficient (Wildman–Crippen LogP) is 0.830. The van der Waals surface area contributed by atoms with Crippen molar-refractivity contribution in [1.29, 1.82) is 0 Å². The van der Waals surface area contributed by atoms with E-state index in [9.17, 15) is 4.79 Å². The quantitative estimate of drug-likeness (QED) is 0.835. The third kappa shape index (κ3) is 3.41. The van der Waals surface area contributed by atoms with Crippen molar-refractivity contribution in [2.75, 3.05) is 26.2 Å². The van der Waals surface area contributed by atoms with E-state index in [1.165, 1.54) is 11.8 Å². The van der Waals surface area contributed by atoms with Crippen LogP contribution in [0.3, 0.4) is 0 Å². The maximum atomic E-state index is 12.3. The number of aromatic nitrogens is 3. The Hall–Kier alpha value is -2.34. The molecule has 108 valence electrons. The fourth-order valence-electron chi connectivity index (χ4n) is 2.43. The average Bonchev–Trinajstić information content (AvgIpc) is 2.57. The molecule has 1 aliphatic rings. The first kappa shape index (κ1) is 13.6. The normalized spacial score (nSPS) is 15.9. The van der Waals surface area contributed by atoms with Gasteiger partial charge in [-0.3, -0.25) is 19.7 Å². The number of hydrogen-bond acceptors (Lipinski definition) is 5. The zero-order valence-corrected chi connectivity index (χ0v) is 11.7. The van der Waals surface area contributed by atoms with E-state index in [4.69, 9.17) is 0 Å². The largest absolute Gasteiger partial charge is 0.335 e. The molecule has 6 nitrogen and oxygen atoms in total. The second-order valence-corrected chi connectivity index (χ2v) is 5.02. The zero-order valence-electron chi connectivity index (χ0n) is 11.7. The van der Waals surface area contributed by atoms with E-state index in [1.54, 1.807) is 18.6 Å². The SMILES string of the molecule is O=C(c1cnccn1)N1CCN(Cc2cccnc2)CC1. The van der Waals surface area contributed by atoms with Gasteiger partial charge in [-0.1, -0.05) is 6.07 Å². The van der Waals surface area contributed by atoms with Crippen LogP contribution in [0.15, 0.2) is 43.1 Å². The molecular weight excluding hydrogens is 266 g/mol. The Morgan fingerprint density at radius 3 is 2.52 bits per heavy atom. The molecular formula is C15H17N5O. The van der Waals surface area contributed by atoms with Gasteiger partial charge >= 0.3 is 0 Å². The van der Waals surface area contributed by atoms with E-state index in [0.717, 1.165) is 32.7 Å². The molecule has 0 bridgehead atoms. The third-order valence-corrected chi connectivity index (χ3v) is 3.57. The molecule has 0 spiro atoms. The van der Waals surface area contributed by atoms with Crippen molar-refractivity contribution >= 4 is 5.91 Å². The predicted molar refractivity (Wildman–Crippen MR) is 77.4 cm³/mol. The number of piperazine rings is 1. The highest BCUT2D eigenvalue weighted by atomic mass is 16.2. The molecule has 2 aromatic heterocycles. The van der Waals surface area contributed by atoms with Gasteiger partial charge in [-0.2, -0.15) is 0 Å². The number of nitrogens with zero attached hydrogens (tertiary/aromatic N) is 5. The molecule has 0 atom stereocenters. The lowest BCUT2D eigenvalue weighted by Crippen LogP contribution is -2.48. The Kier molecular flexibility index (Phi) is 4.16. The van der Waals surface area contributed by atoms with E-state index in [0.29, 0.717) is 5.69 Å². The topological polar surface area (TPSA) is 62.2 Å². The van der Waals surface area contributed by atoms with Gasteiger partial charge in [0.05, 0.1) is 6.20 Å². The number of amides is 1. The van der Waals surface area contributed by atoms with Gasteiger partial charge in [0.2, 0.25) is 0 Å². The van der Waals surface area contributed by atoms with Crippen LogP contribution < -0.4 is 0 Å². The minimum atomic E-state index is -0.0378. The summed E-state index contributed by atoms with van der Waals surface area (Å²) in [5.74, 6) is -0.0378. The second kappa shape index (κ2) is 6.41. The summed E-state index contributed by atoms with van der Waals surface area (Å²) in [4.78, 5) is 28.6. The summed E-state index contributed by atoms with van der Waals surface area (Å²) in [5.41, 5.74) is 1.62. The summed E-state index contributed by atoms with van der Waals surface area (Å²) in [6, 6.07) is 4.02. The maximum Gasteiger partial charge on any atom is 0.274 e. The summed E-state index contributed by atoms with van der Waals surface area (Å²) in [5, 5.41) is 0. The minimum absolute atomic E-state index is 0.0378. The molecule has 0 saturated carbocycles. The van der Waals surface area contributed by atoms with Crippen molar-refractivity contribution in [1.82, 2.24) is 24.8 Å². The second-order valence-electron chi connectivity index (χ2n) is 5.02. The van der Waals surface area contributed by atoms with E-state index < -0.39 is 0 Å². The maximum absolute atomic E-state index is 12.3. The van der Waals surface area contributed by atoms with Gasteiger partial charge in [0.15, 0.2) is 0 Å². The molecule has 0 radical (unpaired) electrons. The fourth-order valence-corrected chi connectivity index (χ4v) is 2.43. The van der Waals surface area contributed by atoms with Crippen LogP contribution in [0.25, 0.3) is 0 Å². The van der Waals surface area contributed by atoms with E-state index in [2.05, 4.69) is 25.9 Å². The molecule has 3 heterocycles. The van der Waals surface area contributed by atoms with Crippen LogP contribution in [0.5, 0.6) is 0 Å². The van der Waals surface area contributed by atoms with E-state index in [-0.39, 0.29) is 5.91 Å². The molecule has 2 aromatic rings. The number of pyridine rings is 1. The molecule has 1 fully saturated rings. The van der Waals surface area contributed by atoms with Crippen LogP contribution in [0.1, 0.15) is 16.1 Å². The molecule has 0 unspecified atom stereocenters. The number of hydrogen-bond donors (Lipinski definition) is 0. The van der Waals surface area contributed by atoms with Crippen LogP contribution in [-0.4, -0.2) is 56.8 Å². The highest BCUT2D eigenvalue weighted by Gasteiger charge is 2.22. The van der Waals surface area contributed by atoms with Gasteiger partial charge in [-0.05, 0) is 11.6 Å². The third-order valence-electron chi connectivity index (χ3n) is 3.57. The van der Waals surface area contributed by atoms with Crippen molar-refractivity contribution in [3.63, 3.8) is 0 Å². The lowest BCUT2D eigenvalue weighted by atomic mass is 10.2. The average molecular weight is 283 g/mol. The summed E-state index contributed by atoms with van der Waals surface area (Å²) in [6.07, 6.45) is 8.30. The summed E-state index contributed by atoms with van der Waals surface area (Å²) in [7, 11) is 0. The lowest BCUT2D eigenvalue weighted by Gasteiger charge is -2.34. The van der Waals surface area contributed by atoms with Gasteiger partial charge in [-0.15, -0.1) is 0 Å². The van der Waals surface area contributed by atoms with E-state index >= 15 is 0 Å². The Balaban J connectivity index is 1.54. The smallest absolute Gasteiger partial charge is 0.274 e. The molecule has 3 rings (SSSR count). The molecule has 1 aliphatic heterocycles. The zero-order chi connectivity index (χ0) is 14.5. The molecule has 0 N–H and O–H groups in total. The summed E-state index contributed by atoms with van der Waals surface area (Å²) < 4.78 is 0. The fraction of sp³-hybridized carbons (Fsp3) is 0.333. The standard InChI is InChI=1S/C15H17N5O/c21-15(14-11-17-4-5-18-14)20-8-6-19(7-9-20)12-13-2-1-3-16-10-13/h1-5,10-11H,6-9,12H2. The highest BCUT2D eigenvalue weighted by Crippen LogP contribution is 2.09. The molecule has 1 amide bonds. The Bertz CT molecular complexity index is 582. The molecule has 0 aromatic carbocycles. The Morgan fingerprint density at radius 1 is 1.05 bits per heavy atom. The van der Waals surface area contributed by atoms with Crippen LogP contribution >= 0.6 is 0 Å². The van der Waals surface area contributed by atoms with Crippen molar-refractivity contribution < 1.29 is 4.79 Å². The molecule has 0 aliphatic carbocycles. The first-order chi connectivity index (χ1) is 10.3. The summed E-state index contributed by atoms with van der Waals surface area (Å²) >= 11 is 0. The van der Waals surface area contributed by atoms with Crippen LogP contribution in [0.4, 0.5) is 0 Å². The number of carbonyl (C=O) groups is 1. The van der Waals surface area contributed by atoms with Crippen LogP contribution in [-0.2, 0) is 6.54 Å². The van der Waals surface area contributed by atoms with Gasteiger partial charge in [0.25, 0.3) is 5.91 Å². The lowest BCUT2D eigenvalue weighted by molar-refractivity contribution is 0.0622. The van der Waals surface area contributed by atoms with Gasteiger partial charge in [0, 0.05) is 57.5 Å². The number of rotatable bonds is 3. The van der Waals surface area contributed by atoms with Gasteiger partial charge < -0.3 is 4.90 Å². The van der Waals surface area contributed by atoms with Crippen molar-refractivity contribution in [2.45, 2.75) is 6.54 Å². The monoisotopic (exact) mass is 283 g/mol. The van der Waals surface area contributed by atoms with Crippen LogP contribution in [0, 0.1) is 0 Å². The molecule has 21 heavy (non-hydrogen) atoms. The molecule has 6 heteroatoms. The van der Waals surface area contributed by atoms with Gasteiger partial charge in [-0.25, -0.2) is 4.98 Å². The summed E-state index contributed by atoms with van der Waals surface area (Å²) in [6.45, 7) is 4.04. The van der Waals surface area contributed by atoms with Crippen molar-refractivity contribution in [2.24, 2.45) is 0 Å². The van der Waals surface area contributed by atoms with Gasteiger partial charge in [0.1, 0.15) is 5.69 Å². The van der Waals surface area contributed by atoms with Crippen molar-refractivity contribution in [3.8, 4) is 0 Å². The number of carbonyl (C=O) groups excluding carboxylic acids is 1. The first-order valence-electron chi connectivity index (χ1n) is 6.99.